The van der Waals surface area contributed by atoms with Crippen LogP contribution >= 0.6 is 12.4 Å². The SMILES string of the molecule is CC(N)C1CCN(S(=O)(=O)N2CCCC2)C1.Cl. The molecule has 0 aromatic rings. The van der Waals surface area contributed by atoms with Crippen LogP contribution in [-0.4, -0.2) is 49.2 Å². The number of nitrogens with zero attached hydrogens (tertiary/aromatic N) is 2. The third-order valence-electron chi connectivity index (χ3n) is 3.65. The van der Waals surface area contributed by atoms with Gasteiger partial charge in [-0.05, 0) is 32.1 Å². The predicted molar refractivity (Wildman–Crippen MR) is 70.3 cm³/mol. The first-order valence-corrected chi connectivity index (χ1v) is 7.42. The smallest absolute Gasteiger partial charge is 0.281 e. The summed E-state index contributed by atoms with van der Waals surface area (Å²) in [6.45, 7) is 4.54. The Hall–Kier alpha value is 0.120. The summed E-state index contributed by atoms with van der Waals surface area (Å²) in [4.78, 5) is 0. The molecule has 0 aliphatic carbocycles. The molecule has 0 aromatic carbocycles. The van der Waals surface area contributed by atoms with Gasteiger partial charge in [0.1, 0.15) is 0 Å². The van der Waals surface area contributed by atoms with Crippen molar-refractivity contribution < 1.29 is 8.42 Å². The van der Waals surface area contributed by atoms with Crippen LogP contribution in [0.4, 0.5) is 0 Å². The van der Waals surface area contributed by atoms with Crippen molar-refractivity contribution in [3.05, 3.63) is 0 Å². The number of hydrogen-bond donors (Lipinski definition) is 1. The van der Waals surface area contributed by atoms with E-state index < -0.39 is 10.2 Å². The van der Waals surface area contributed by atoms with E-state index >= 15 is 0 Å². The molecule has 2 aliphatic heterocycles. The highest BCUT2D eigenvalue weighted by Gasteiger charge is 2.37. The molecule has 0 amide bonds. The average Bonchev–Trinajstić information content (AvgIpc) is 2.90. The minimum absolute atomic E-state index is 0. The lowest BCUT2D eigenvalue weighted by Gasteiger charge is -2.23. The molecule has 0 spiro atoms. The molecule has 2 atom stereocenters. The maximum atomic E-state index is 12.2. The summed E-state index contributed by atoms with van der Waals surface area (Å²) < 4.78 is 27.6. The van der Waals surface area contributed by atoms with E-state index in [4.69, 9.17) is 5.73 Å². The second-order valence-electron chi connectivity index (χ2n) is 4.88. The van der Waals surface area contributed by atoms with Gasteiger partial charge >= 0.3 is 0 Å². The van der Waals surface area contributed by atoms with Gasteiger partial charge in [-0.25, -0.2) is 0 Å². The first-order valence-electron chi connectivity index (χ1n) is 6.02. The van der Waals surface area contributed by atoms with E-state index in [9.17, 15) is 8.42 Å². The minimum Gasteiger partial charge on any atom is -0.328 e. The summed E-state index contributed by atoms with van der Waals surface area (Å²) in [7, 11) is -3.19. The third kappa shape index (κ3) is 3.12. The fourth-order valence-electron chi connectivity index (χ4n) is 2.47. The Kier molecular flexibility index (Phi) is 5.21. The standard InChI is InChI=1S/C10H21N3O2S.ClH/c1-9(11)10-4-7-13(8-10)16(14,15)12-5-2-3-6-12;/h9-10H,2-8,11H2,1H3;1H. The lowest BCUT2D eigenvalue weighted by Crippen LogP contribution is -2.42. The van der Waals surface area contributed by atoms with Crippen molar-refractivity contribution in [2.75, 3.05) is 26.2 Å². The summed E-state index contributed by atoms with van der Waals surface area (Å²) in [6, 6.07) is 0.0822. The lowest BCUT2D eigenvalue weighted by molar-refractivity contribution is 0.381. The molecule has 0 radical (unpaired) electrons. The van der Waals surface area contributed by atoms with E-state index in [1.54, 1.807) is 8.61 Å². The van der Waals surface area contributed by atoms with Crippen LogP contribution in [0.3, 0.4) is 0 Å². The van der Waals surface area contributed by atoms with Crippen molar-refractivity contribution in [1.82, 2.24) is 8.61 Å². The molecule has 2 heterocycles. The molecule has 7 heteroatoms. The summed E-state index contributed by atoms with van der Waals surface area (Å²) in [5.41, 5.74) is 5.82. The molecule has 2 rings (SSSR count). The van der Waals surface area contributed by atoms with Crippen LogP contribution in [0.1, 0.15) is 26.2 Å². The Balaban J connectivity index is 0.00000144. The molecule has 0 saturated carbocycles. The van der Waals surface area contributed by atoms with Crippen LogP contribution in [0.5, 0.6) is 0 Å². The maximum absolute atomic E-state index is 12.2. The van der Waals surface area contributed by atoms with Gasteiger partial charge in [0, 0.05) is 32.2 Å². The van der Waals surface area contributed by atoms with Gasteiger partial charge in [-0.3, -0.25) is 0 Å². The topological polar surface area (TPSA) is 66.6 Å². The highest BCUT2D eigenvalue weighted by Crippen LogP contribution is 2.25. The normalized spacial score (nSPS) is 29.2. The fraction of sp³-hybridized carbons (Fsp3) is 1.00. The van der Waals surface area contributed by atoms with Gasteiger partial charge in [-0.15, -0.1) is 12.4 Å². The summed E-state index contributed by atoms with van der Waals surface area (Å²) in [5, 5.41) is 0. The molecular formula is C10H22ClN3O2S. The van der Waals surface area contributed by atoms with Gasteiger partial charge in [-0.2, -0.15) is 17.0 Å². The van der Waals surface area contributed by atoms with Crippen LogP contribution in [0, 0.1) is 5.92 Å². The lowest BCUT2D eigenvalue weighted by atomic mass is 10.0. The molecule has 0 aromatic heterocycles. The maximum Gasteiger partial charge on any atom is 0.281 e. The van der Waals surface area contributed by atoms with E-state index in [0.717, 1.165) is 19.3 Å². The minimum atomic E-state index is -3.19. The van der Waals surface area contributed by atoms with Gasteiger partial charge in [0.05, 0.1) is 0 Å². The summed E-state index contributed by atoms with van der Waals surface area (Å²) >= 11 is 0. The molecule has 102 valence electrons. The van der Waals surface area contributed by atoms with Gasteiger partial charge in [0.25, 0.3) is 10.2 Å². The van der Waals surface area contributed by atoms with Crippen LogP contribution in [-0.2, 0) is 10.2 Å². The summed E-state index contributed by atoms with van der Waals surface area (Å²) in [6.07, 6.45) is 2.87. The fourth-order valence-corrected chi connectivity index (χ4v) is 4.24. The Labute approximate surface area is 110 Å². The van der Waals surface area contributed by atoms with Gasteiger partial charge < -0.3 is 5.73 Å². The van der Waals surface area contributed by atoms with E-state index in [1.165, 1.54) is 0 Å². The van der Waals surface area contributed by atoms with Crippen molar-refractivity contribution in [2.45, 2.75) is 32.2 Å². The molecule has 5 nitrogen and oxygen atoms in total. The zero-order valence-electron chi connectivity index (χ0n) is 10.2. The molecule has 2 aliphatic rings. The first-order chi connectivity index (χ1) is 7.51. The Morgan fingerprint density at radius 3 is 2.24 bits per heavy atom. The highest BCUT2D eigenvalue weighted by molar-refractivity contribution is 7.86. The van der Waals surface area contributed by atoms with Gasteiger partial charge in [-0.1, -0.05) is 0 Å². The zero-order chi connectivity index (χ0) is 11.8. The Morgan fingerprint density at radius 2 is 1.76 bits per heavy atom. The van der Waals surface area contributed by atoms with E-state index in [2.05, 4.69) is 0 Å². The first kappa shape index (κ1) is 15.2. The van der Waals surface area contributed by atoms with Gasteiger partial charge in [0.15, 0.2) is 0 Å². The molecule has 17 heavy (non-hydrogen) atoms. The average molecular weight is 284 g/mol. The Bertz CT molecular complexity index is 341. The quantitative estimate of drug-likeness (QED) is 0.816. The summed E-state index contributed by atoms with van der Waals surface area (Å²) in [5.74, 6) is 0.317. The molecule has 2 fully saturated rings. The van der Waals surface area contributed by atoms with E-state index in [0.29, 0.717) is 32.1 Å². The van der Waals surface area contributed by atoms with Crippen molar-refractivity contribution >= 4 is 22.6 Å². The van der Waals surface area contributed by atoms with Crippen LogP contribution in [0.2, 0.25) is 0 Å². The highest BCUT2D eigenvalue weighted by atomic mass is 35.5. The molecule has 2 N–H and O–H groups in total. The van der Waals surface area contributed by atoms with Crippen LogP contribution < -0.4 is 5.73 Å². The number of halogens is 1. The van der Waals surface area contributed by atoms with Crippen molar-refractivity contribution in [3.63, 3.8) is 0 Å². The zero-order valence-corrected chi connectivity index (χ0v) is 11.8. The van der Waals surface area contributed by atoms with Gasteiger partial charge in [0.2, 0.25) is 0 Å². The van der Waals surface area contributed by atoms with E-state index in [-0.39, 0.29) is 18.4 Å². The number of nitrogens with two attached hydrogens (primary N) is 1. The molecule has 0 bridgehead atoms. The molecule has 2 saturated heterocycles. The van der Waals surface area contributed by atoms with E-state index in [1.807, 2.05) is 6.92 Å². The third-order valence-corrected chi connectivity index (χ3v) is 5.65. The van der Waals surface area contributed by atoms with Crippen molar-refractivity contribution in [3.8, 4) is 0 Å². The van der Waals surface area contributed by atoms with Crippen molar-refractivity contribution in [1.29, 1.82) is 0 Å². The van der Waals surface area contributed by atoms with Crippen LogP contribution in [0.25, 0.3) is 0 Å². The van der Waals surface area contributed by atoms with Crippen molar-refractivity contribution in [2.24, 2.45) is 11.7 Å². The molecule has 2 unspecified atom stereocenters. The number of hydrogen-bond acceptors (Lipinski definition) is 3. The largest absolute Gasteiger partial charge is 0.328 e. The monoisotopic (exact) mass is 283 g/mol. The second-order valence-corrected chi connectivity index (χ2v) is 6.81. The molecular weight excluding hydrogens is 262 g/mol. The number of rotatable bonds is 3. The Morgan fingerprint density at radius 1 is 1.18 bits per heavy atom. The predicted octanol–water partition coefficient (Wildman–Crippen LogP) is 0.418. The second kappa shape index (κ2) is 5.84. The van der Waals surface area contributed by atoms with Crippen LogP contribution in [0.15, 0.2) is 0 Å².